The molecule has 0 aliphatic carbocycles. The second kappa shape index (κ2) is 12.2. The molecule has 0 saturated heterocycles. The van der Waals surface area contributed by atoms with Crippen LogP contribution in [0.2, 0.25) is 0 Å². The Balaban J connectivity index is 1.46. The van der Waals surface area contributed by atoms with E-state index in [1.54, 1.807) is 6.21 Å². The van der Waals surface area contributed by atoms with Gasteiger partial charge in [0.15, 0.2) is 5.16 Å². The summed E-state index contributed by atoms with van der Waals surface area (Å²) < 4.78 is 7.90. The number of fused-ring (bicyclic) bond motifs is 1. The summed E-state index contributed by atoms with van der Waals surface area (Å²) in [5.74, 6) is 0.845. The first-order valence-electron chi connectivity index (χ1n) is 10.8. The lowest BCUT2D eigenvalue weighted by molar-refractivity contribution is -0.118. The highest BCUT2D eigenvalue weighted by molar-refractivity contribution is 7.99. The number of unbranched alkanes of at least 4 members (excludes halogenated alkanes) is 4. The Kier molecular flexibility index (Phi) is 8.97. The zero-order valence-electron chi connectivity index (χ0n) is 18.2. The number of carbonyl (C=O) groups excluding carboxylic acids is 1. The predicted molar refractivity (Wildman–Crippen MR) is 128 cm³/mol. The molecule has 6 nitrogen and oxygen atoms in total. The number of hydrazone groups is 1. The van der Waals surface area contributed by atoms with Crippen LogP contribution >= 0.6 is 11.8 Å². The first kappa shape index (κ1) is 22.9. The Labute approximate surface area is 188 Å². The van der Waals surface area contributed by atoms with Crippen molar-refractivity contribution >= 4 is 34.9 Å². The number of para-hydroxylation sites is 3. The maximum absolute atomic E-state index is 12.2. The van der Waals surface area contributed by atoms with E-state index in [1.807, 2.05) is 60.1 Å². The number of thioether (sulfide) groups is 1. The van der Waals surface area contributed by atoms with E-state index in [0.717, 1.165) is 33.9 Å². The molecule has 0 aliphatic rings. The van der Waals surface area contributed by atoms with Gasteiger partial charge in [0, 0.05) is 12.6 Å². The minimum absolute atomic E-state index is 0.178. The molecule has 3 rings (SSSR count). The monoisotopic (exact) mass is 438 g/mol. The van der Waals surface area contributed by atoms with Gasteiger partial charge in [0.05, 0.1) is 29.6 Å². The van der Waals surface area contributed by atoms with E-state index in [1.165, 1.54) is 37.4 Å². The van der Waals surface area contributed by atoms with E-state index in [-0.39, 0.29) is 11.7 Å². The van der Waals surface area contributed by atoms with Crippen LogP contribution in [0.1, 0.15) is 44.6 Å². The third-order valence-electron chi connectivity index (χ3n) is 4.90. The topological polar surface area (TPSA) is 68.5 Å². The summed E-state index contributed by atoms with van der Waals surface area (Å²) in [4.78, 5) is 16.8. The minimum atomic E-state index is -0.178. The minimum Gasteiger partial charge on any atom is -0.493 e. The number of aryl methyl sites for hydroxylation is 1. The Morgan fingerprint density at radius 1 is 1.13 bits per heavy atom. The fraction of sp³-hybridized carbons (Fsp3) is 0.375. The third-order valence-corrected chi connectivity index (χ3v) is 5.93. The van der Waals surface area contributed by atoms with Gasteiger partial charge in [0.25, 0.3) is 5.91 Å². The van der Waals surface area contributed by atoms with Crippen molar-refractivity contribution < 1.29 is 9.53 Å². The maximum atomic E-state index is 12.2. The van der Waals surface area contributed by atoms with Gasteiger partial charge in [0.1, 0.15) is 5.75 Å². The van der Waals surface area contributed by atoms with Crippen LogP contribution in [-0.4, -0.2) is 34.0 Å². The van der Waals surface area contributed by atoms with Crippen LogP contribution in [0.3, 0.4) is 0 Å². The van der Waals surface area contributed by atoms with Gasteiger partial charge < -0.3 is 9.30 Å². The largest absolute Gasteiger partial charge is 0.493 e. The van der Waals surface area contributed by atoms with E-state index >= 15 is 0 Å². The van der Waals surface area contributed by atoms with Crippen LogP contribution in [0.15, 0.2) is 58.8 Å². The molecule has 0 bridgehead atoms. The standard InChI is InChI=1S/C24H30N4O2S/c1-3-4-5-6-11-16-30-22-15-10-7-12-19(22)17-25-27-23(29)18-31-24-26-20-13-8-9-14-21(20)28(24)2/h7-10,12-15,17H,3-6,11,16,18H2,1-2H3,(H,27,29)/b25-17-. The van der Waals surface area contributed by atoms with E-state index in [2.05, 4.69) is 22.4 Å². The molecule has 1 aromatic heterocycles. The second-order valence-corrected chi connectivity index (χ2v) is 8.27. The molecule has 1 amide bonds. The number of nitrogens with one attached hydrogen (secondary N) is 1. The third kappa shape index (κ3) is 6.85. The van der Waals surface area contributed by atoms with Crippen molar-refractivity contribution in [1.82, 2.24) is 15.0 Å². The lowest BCUT2D eigenvalue weighted by atomic mass is 10.2. The molecule has 0 atom stereocenters. The zero-order chi connectivity index (χ0) is 21.9. The summed E-state index contributed by atoms with van der Waals surface area (Å²) >= 11 is 1.39. The molecule has 0 saturated carbocycles. The molecule has 0 fully saturated rings. The van der Waals surface area contributed by atoms with Gasteiger partial charge in [0.2, 0.25) is 0 Å². The van der Waals surface area contributed by atoms with Gasteiger partial charge in [-0.05, 0) is 30.7 Å². The smallest absolute Gasteiger partial charge is 0.250 e. The van der Waals surface area contributed by atoms with Gasteiger partial charge in [-0.25, -0.2) is 10.4 Å². The predicted octanol–water partition coefficient (Wildman–Crippen LogP) is 5.16. The molecule has 0 unspecified atom stereocenters. The molecule has 2 aromatic carbocycles. The summed E-state index contributed by atoms with van der Waals surface area (Å²) in [7, 11) is 1.95. The van der Waals surface area contributed by atoms with Crippen molar-refractivity contribution in [2.75, 3.05) is 12.4 Å². The van der Waals surface area contributed by atoms with Crippen molar-refractivity contribution in [3.05, 3.63) is 54.1 Å². The SMILES string of the molecule is CCCCCCCOc1ccccc1/C=N\NC(=O)CSc1nc2ccccc2n1C. The highest BCUT2D eigenvalue weighted by Gasteiger charge is 2.10. The average Bonchev–Trinajstić information content (AvgIpc) is 3.11. The zero-order valence-corrected chi connectivity index (χ0v) is 19.0. The van der Waals surface area contributed by atoms with Crippen molar-refractivity contribution in [1.29, 1.82) is 0 Å². The second-order valence-electron chi connectivity index (χ2n) is 7.32. The van der Waals surface area contributed by atoms with E-state index < -0.39 is 0 Å². The average molecular weight is 439 g/mol. The van der Waals surface area contributed by atoms with Crippen molar-refractivity contribution in [3.63, 3.8) is 0 Å². The Bertz CT molecular complexity index is 1020. The summed E-state index contributed by atoms with van der Waals surface area (Å²) in [5, 5.41) is 4.91. The number of carbonyl (C=O) groups is 1. The van der Waals surface area contributed by atoms with Crippen molar-refractivity contribution in [2.24, 2.45) is 12.1 Å². The number of imidazole rings is 1. The highest BCUT2D eigenvalue weighted by Crippen LogP contribution is 2.22. The van der Waals surface area contributed by atoms with Crippen LogP contribution in [0.25, 0.3) is 11.0 Å². The highest BCUT2D eigenvalue weighted by atomic mass is 32.2. The van der Waals surface area contributed by atoms with Crippen LogP contribution in [0.4, 0.5) is 0 Å². The first-order valence-corrected chi connectivity index (χ1v) is 11.8. The molecule has 3 aromatic rings. The number of aromatic nitrogens is 2. The summed E-state index contributed by atoms with van der Waals surface area (Å²) in [6, 6.07) is 15.6. The van der Waals surface area contributed by atoms with Crippen LogP contribution in [0, 0.1) is 0 Å². The normalized spacial score (nSPS) is 11.3. The number of hydrogen-bond donors (Lipinski definition) is 1. The van der Waals surface area contributed by atoms with Crippen molar-refractivity contribution in [2.45, 2.75) is 44.2 Å². The molecular formula is C24H30N4O2S. The molecule has 1 N–H and O–H groups in total. The molecular weight excluding hydrogens is 408 g/mol. The molecule has 0 spiro atoms. The van der Waals surface area contributed by atoms with Crippen LogP contribution < -0.4 is 10.2 Å². The van der Waals surface area contributed by atoms with E-state index in [4.69, 9.17) is 4.74 Å². The van der Waals surface area contributed by atoms with E-state index in [0.29, 0.717) is 6.61 Å². The fourth-order valence-electron chi connectivity index (χ4n) is 3.20. The summed E-state index contributed by atoms with van der Waals surface area (Å²) in [6.07, 6.45) is 7.62. The van der Waals surface area contributed by atoms with Crippen LogP contribution in [-0.2, 0) is 11.8 Å². The molecule has 0 aliphatic heterocycles. The van der Waals surface area contributed by atoms with E-state index in [9.17, 15) is 4.79 Å². The fourth-order valence-corrected chi connectivity index (χ4v) is 3.97. The Morgan fingerprint density at radius 2 is 1.90 bits per heavy atom. The van der Waals surface area contributed by atoms with Gasteiger partial charge in [-0.1, -0.05) is 68.6 Å². The number of nitrogens with zero attached hydrogens (tertiary/aromatic N) is 3. The number of amides is 1. The molecule has 164 valence electrons. The van der Waals surface area contributed by atoms with Crippen molar-refractivity contribution in [3.8, 4) is 5.75 Å². The van der Waals surface area contributed by atoms with Gasteiger partial charge in [-0.15, -0.1) is 0 Å². The van der Waals surface area contributed by atoms with Crippen LogP contribution in [0.5, 0.6) is 5.75 Å². The summed E-state index contributed by atoms with van der Waals surface area (Å²) in [5.41, 5.74) is 5.41. The van der Waals surface area contributed by atoms with Gasteiger partial charge in [-0.2, -0.15) is 5.10 Å². The number of ether oxygens (including phenoxy) is 1. The van der Waals surface area contributed by atoms with Gasteiger partial charge in [-0.3, -0.25) is 4.79 Å². The Morgan fingerprint density at radius 3 is 2.74 bits per heavy atom. The number of benzene rings is 2. The summed E-state index contributed by atoms with van der Waals surface area (Å²) in [6.45, 7) is 2.90. The molecule has 1 heterocycles. The molecule has 31 heavy (non-hydrogen) atoms. The van der Waals surface area contributed by atoms with Gasteiger partial charge >= 0.3 is 0 Å². The first-order chi connectivity index (χ1) is 15.2. The number of hydrogen-bond acceptors (Lipinski definition) is 5. The quantitative estimate of drug-likeness (QED) is 0.183. The lowest BCUT2D eigenvalue weighted by Crippen LogP contribution is -2.20. The maximum Gasteiger partial charge on any atom is 0.250 e. The number of rotatable bonds is 12. The lowest BCUT2D eigenvalue weighted by Gasteiger charge is -2.08. The Hall–Kier alpha value is -2.80. The molecule has 7 heteroatoms. The molecule has 0 radical (unpaired) electrons.